The number of anilines is 1. The number of hydrogen-bond acceptors (Lipinski definition) is 7. The van der Waals surface area contributed by atoms with Crippen LogP contribution in [0.15, 0.2) is 108 Å². The summed E-state index contributed by atoms with van der Waals surface area (Å²) < 4.78 is 39.1. The first-order chi connectivity index (χ1) is 21.7. The minimum Gasteiger partial charge on any atom is -0.487 e. The highest BCUT2D eigenvalue weighted by Crippen LogP contribution is 2.28. The number of para-hydroxylation sites is 1. The highest BCUT2D eigenvalue weighted by Gasteiger charge is 2.16. The molecule has 0 radical (unpaired) electrons. The number of ether oxygens (including phenoxy) is 2. The van der Waals surface area contributed by atoms with Crippen molar-refractivity contribution in [2.24, 2.45) is 0 Å². The molecule has 5 aromatic rings. The van der Waals surface area contributed by atoms with Crippen LogP contribution in [0.2, 0.25) is 5.02 Å². The van der Waals surface area contributed by atoms with Crippen LogP contribution in [-0.2, 0) is 27.8 Å². The largest absolute Gasteiger partial charge is 0.487 e. The maximum Gasteiger partial charge on any atom is 0.341 e. The van der Waals surface area contributed by atoms with Crippen LogP contribution in [0.4, 0.5) is 5.69 Å². The van der Waals surface area contributed by atoms with Crippen molar-refractivity contribution in [3.63, 3.8) is 0 Å². The van der Waals surface area contributed by atoms with Crippen molar-refractivity contribution < 1.29 is 32.6 Å². The number of aliphatic carboxylic acids is 1. The molecule has 0 fully saturated rings. The van der Waals surface area contributed by atoms with Gasteiger partial charge >= 0.3 is 5.97 Å². The van der Waals surface area contributed by atoms with E-state index in [-0.39, 0.29) is 35.9 Å². The van der Waals surface area contributed by atoms with Gasteiger partial charge in [-0.25, -0.2) is 22.9 Å². The molecule has 12 heteroatoms. The van der Waals surface area contributed by atoms with Crippen molar-refractivity contribution in [2.75, 3.05) is 18.5 Å². The predicted molar refractivity (Wildman–Crippen MR) is 170 cm³/mol. The maximum atomic E-state index is 13.3. The molecular weight excluding hydrogens is 618 g/mol. The van der Waals surface area contributed by atoms with E-state index < -0.39 is 28.5 Å². The summed E-state index contributed by atoms with van der Waals surface area (Å²) in [7, 11) is -3.76. The van der Waals surface area contributed by atoms with Gasteiger partial charge in [0, 0.05) is 22.5 Å². The molecule has 0 bridgehead atoms. The van der Waals surface area contributed by atoms with Gasteiger partial charge in [-0.05, 0) is 78.7 Å². The third kappa shape index (κ3) is 8.57. The van der Waals surface area contributed by atoms with E-state index >= 15 is 0 Å². The summed E-state index contributed by atoms with van der Waals surface area (Å²) in [6, 6.07) is 28.8. The Kier molecular flexibility index (Phi) is 9.93. The average molecular weight is 646 g/mol. The lowest BCUT2D eigenvalue weighted by molar-refractivity contribution is -0.139. The molecule has 1 aromatic heterocycles. The van der Waals surface area contributed by atoms with Gasteiger partial charge < -0.3 is 19.9 Å². The molecule has 0 aliphatic heterocycles. The first-order valence-electron chi connectivity index (χ1n) is 13.8. The normalized spacial score (nSPS) is 11.2. The summed E-state index contributed by atoms with van der Waals surface area (Å²) in [4.78, 5) is 29.1. The first-order valence-corrected chi connectivity index (χ1v) is 15.6. The molecule has 0 aliphatic carbocycles. The fourth-order valence-electron chi connectivity index (χ4n) is 4.39. The topological polar surface area (TPSA) is 144 Å². The van der Waals surface area contributed by atoms with Gasteiger partial charge in [0.15, 0.2) is 6.61 Å². The molecule has 45 heavy (non-hydrogen) atoms. The number of fused-ring (bicyclic) bond motifs is 1. The summed E-state index contributed by atoms with van der Waals surface area (Å²) in [6.45, 7) is -0.346. The molecule has 0 unspecified atom stereocenters. The number of carboxylic acids is 1. The number of amides is 1. The second-order valence-corrected chi connectivity index (χ2v) is 12.1. The van der Waals surface area contributed by atoms with Crippen molar-refractivity contribution in [1.82, 2.24) is 9.71 Å². The molecule has 0 saturated heterocycles. The fraction of sp³-hybridized carbons (Fsp3) is 0.121. The Bertz CT molecular complexity index is 1950. The molecule has 3 N–H and O–H groups in total. The predicted octanol–water partition coefficient (Wildman–Crippen LogP) is 5.70. The van der Waals surface area contributed by atoms with Gasteiger partial charge in [-0.3, -0.25) is 4.79 Å². The summed E-state index contributed by atoms with van der Waals surface area (Å²) in [6.07, 6.45) is 0.279. The molecule has 0 aliphatic rings. The number of rotatable bonds is 13. The number of aromatic nitrogens is 1. The number of hydrogen-bond donors (Lipinski definition) is 3. The lowest BCUT2D eigenvalue weighted by atomic mass is 10.1. The lowest BCUT2D eigenvalue weighted by Gasteiger charge is -2.14. The standard InChI is InChI=1S/C33H28ClN3O7S/c34-25-10-13-28(14-11-25)45(41,42)35-17-16-22-8-15-31(44-21-32(38)39)30(18-22)37-33(40)24-5-3-6-27(19-24)43-20-26-12-9-23-4-1-2-7-29(23)36-26/h1-15,18-19,35H,16-17,20-21H2,(H,37,40)(H,38,39). The third-order valence-electron chi connectivity index (χ3n) is 6.61. The van der Waals surface area contributed by atoms with Gasteiger partial charge in [0.1, 0.15) is 18.1 Å². The van der Waals surface area contributed by atoms with Crippen LogP contribution >= 0.6 is 11.6 Å². The second-order valence-electron chi connectivity index (χ2n) is 9.88. The second kappa shape index (κ2) is 14.2. The van der Waals surface area contributed by atoms with Gasteiger partial charge in [-0.1, -0.05) is 48.0 Å². The Morgan fingerprint density at radius 1 is 0.867 bits per heavy atom. The SMILES string of the molecule is O=C(O)COc1ccc(CCNS(=O)(=O)c2ccc(Cl)cc2)cc1NC(=O)c1cccc(OCc2ccc3ccccc3n2)c1. The highest BCUT2D eigenvalue weighted by atomic mass is 35.5. The zero-order valence-electron chi connectivity index (χ0n) is 23.8. The molecule has 0 saturated carbocycles. The number of carbonyl (C=O) groups excluding carboxylic acids is 1. The number of nitrogens with zero attached hydrogens (tertiary/aromatic N) is 1. The van der Waals surface area contributed by atoms with E-state index in [1.165, 1.54) is 30.3 Å². The van der Waals surface area contributed by atoms with Crippen LogP contribution in [0, 0.1) is 0 Å². The Balaban J connectivity index is 1.26. The number of sulfonamides is 1. The zero-order valence-corrected chi connectivity index (χ0v) is 25.3. The van der Waals surface area contributed by atoms with Gasteiger partial charge in [0.25, 0.3) is 5.91 Å². The van der Waals surface area contributed by atoms with E-state index in [0.29, 0.717) is 21.9 Å². The van der Waals surface area contributed by atoms with Crippen molar-refractivity contribution in [2.45, 2.75) is 17.9 Å². The van der Waals surface area contributed by atoms with E-state index in [1.54, 1.807) is 36.4 Å². The van der Waals surface area contributed by atoms with E-state index in [1.807, 2.05) is 36.4 Å². The van der Waals surface area contributed by atoms with Crippen LogP contribution in [-0.4, -0.2) is 43.5 Å². The smallest absolute Gasteiger partial charge is 0.341 e. The van der Waals surface area contributed by atoms with Gasteiger partial charge in [-0.15, -0.1) is 0 Å². The molecule has 5 rings (SSSR count). The number of halogens is 1. The van der Waals surface area contributed by atoms with Crippen molar-refractivity contribution in [3.05, 3.63) is 125 Å². The van der Waals surface area contributed by atoms with Crippen LogP contribution in [0.5, 0.6) is 11.5 Å². The van der Waals surface area contributed by atoms with Crippen LogP contribution in [0.3, 0.4) is 0 Å². The lowest BCUT2D eigenvalue weighted by Crippen LogP contribution is -2.26. The average Bonchev–Trinajstić information content (AvgIpc) is 3.03. The van der Waals surface area contributed by atoms with Gasteiger partial charge in [-0.2, -0.15) is 0 Å². The van der Waals surface area contributed by atoms with Crippen molar-refractivity contribution in [3.8, 4) is 11.5 Å². The maximum absolute atomic E-state index is 13.3. The van der Waals surface area contributed by atoms with Gasteiger partial charge in [0.2, 0.25) is 10.0 Å². The molecule has 1 heterocycles. The Morgan fingerprint density at radius 2 is 1.67 bits per heavy atom. The van der Waals surface area contributed by atoms with Crippen LogP contribution in [0.1, 0.15) is 21.6 Å². The monoisotopic (exact) mass is 645 g/mol. The Hall–Kier alpha value is -4.97. The molecule has 230 valence electrons. The number of carboxylic acid groups (broad SMARTS) is 1. The first kappa shape index (κ1) is 31.5. The van der Waals surface area contributed by atoms with E-state index in [4.69, 9.17) is 26.2 Å². The zero-order chi connectivity index (χ0) is 31.8. The molecule has 4 aromatic carbocycles. The summed E-state index contributed by atoms with van der Waals surface area (Å²) in [5, 5.41) is 13.3. The molecule has 1 amide bonds. The van der Waals surface area contributed by atoms with E-state index in [9.17, 15) is 18.0 Å². The minimum absolute atomic E-state index is 0.0686. The number of carbonyl (C=O) groups is 2. The van der Waals surface area contributed by atoms with Crippen LogP contribution < -0.4 is 19.5 Å². The Labute approximate surface area is 264 Å². The fourth-order valence-corrected chi connectivity index (χ4v) is 5.55. The summed E-state index contributed by atoms with van der Waals surface area (Å²) in [5.41, 5.74) is 2.78. The molecule has 0 spiro atoms. The molecule has 10 nitrogen and oxygen atoms in total. The number of pyridine rings is 1. The van der Waals surface area contributed by atoms with Crippen molar-refractivity contribution in [1.29, 1.82) is 0 Å². The van der Waals surface area contributed by atoms with Crippen LogP contribution in [0.25, 0.3) is 10.9 Å². The Morgan fingerprint density at radius 3 is 2.47 bits per heavy atom. The van der Waals surface area contributed by atoms with E-state index in [0.717, 1.165) is 16.6 Å². The summed E-state index contributed by atoms with van der Waals surface area (Å²) >= 11 is 5.85. The number of benzene rings is 4. The summed E-state index contributed by atoms with van der Waals surface area (Å²) in [5.74, 6) is -1.06. The molecular formula is C33H28ClN3O7S. The highest BCUT2D eigenvalue weighted by molar-refractivity contribution is 7.89. The van der Waals surface area contributed by atoms with E-state index in [2.05, 4.69) is 15.0 Å². The number of nitrogens with one attached hydrogen (secondary N) is 2. The third-order valence-corrected chi connectivity index (χ3v) is 8.34. The minimum atomic E-state index is -3.76. The quantitative estimate of drug-likeness (QED) is 0.148. The van der Waals surface area contributed by atoms with Gasteiger partial charge in [0.05, 0.1) is 21.8 Å². The molecule has 0 atom stereocenters. The van der Waals surface area contributed by atoms with Crippen molar-refractivity contribution >= 4 is 50.1 Å².